The van der Waals surface area contributed by atoms with Crippen LogP contribution in [0.15, 0.2) is 42.5 Å². The Morgan fingerprint density at radius 2 is 1.68 bits per heavy atom. The van der Waals surface area contributed by atoms with E-state index >= 15 is 0 Å². The van der Waals surface area contributed by atoms with Crippen LogP contribution in [0, 0.1) is 13.8 Å². The summed E-state index contributed by atoms with van der Waals surface area (Å²) >= 11 is 5.03. The molecule has 3 heteroatoms. The van der Waals surface area contributed by atoms with Gasteiger partial charge in [0.15, 0.2) is 0 Å². The van der Waals surface area contributed by atoms with Gasteiger partial charge in [0.2, 0.25) is 0 Å². The second kappa shape index (κ2) is 5.85. The van der Waals surface area contributed by atoms with Gasteiger partial charge in [-0.3, -0.25) is 0 Å². The number of thiocarbonyl (C=S) groups is 1. The number of nitrogens with two attached hydrogens (primary N) is 1. The van der Waals surface area contributed by atoms with Crippen molar-refractivity contribution in [3.05, 3.63) is 64.7 Å². The molecule has 19 heavy (non-hydrogen) atoms. The summed E-state index contributed by atoms with van der Waals surface area (Å²) < 4.78 is 5.88. The summed E-state index contributed by atoms with van der Waals surface area (Å²) in [6, 6.07) is 13.8. The Morgan fingerprint density at radius 3 is 2.32 bits per heavy atom. The van der Waals surface area contributed by atoms with Crippen molar-refractivity contribution in [2.45, 2.75) is 20.5 Å². The fourth-order valence-electron chi connectivity index (χ4n) is 2.02. The maximum Gasteiger partial charge on any atom is 0.129 e. The average Bonchev–Trinajstić information content (AvgIpc) is 2.38. The van der Waals surface area contributed by atoms with E-state index in [0.29, 0.717) is 11.6 Å². The zero-order valence-corrected chi connectivity index (χ0v) is 12.0. The highest BCUT2D eigenvalue weighted by atomic mass is 32.1. The summed E-state index contributed by atoms with van der Waals surface area (Å²) in [6.45, 7) is 4.70. The number of rotatable bonds is 4. The molecule has 0 aromatic heterocycles. The monoisotopic (exact) mass is 271 g/mol. The number of hydrogen-bond acceptors (Lipinski definition) is 2. The van der Waals surface area contributed by atoms with Gasteiger partial charge in [0.1, 0.15) is 17.3 Å². The van der Waals surface area contributed by atoms with Crippen molar-refractivity contribution in [3.8, 4) is 5.75 Å². The lowest BCUT2D eigenvalue weighted by molar-refractivity contribution is 0.304. The van der Waals surface area contributed by atoms with Gasteiger partial charge in [-0.25, -0.2) is 0 Å². The molecule has 98 valence electrons. The summed E-state index contributed by atoms with van der Waals surface area (Å²) in [4.78, 5) is 0.358. The Kier molecular flexibility index (Phi) is 4.17. The van der Waals surface area contributed by atoms with Crippen molar-refractivity contribution < 1.29 is 4.74 Å². The first-order valence-electron chi connectivity index (χ1n) is 6.16. The molecule has 0 spiro atoms. The maximum absolute atomic E-state index is 5.88. The van der Waals surface area contributed by atoms with Crippen molar-refractivity contribution >= 4 is 17.2 Å². The molecule has 0 atom stereocenters. The minimum atomic E-state index is 0.358. The predicted molar refractivity (Wildman–Crippen MR) is 82.6 cm³/mol. The van der Waals surface area contributed by atoms with Gasteiger partial charge in [0.25, 0.3) is 0 Å². The number of aryl methyl sites for hydroxylation is 2. The largest absolute Gasteiger partial charge is 0.488 e. The van der Waals surface area contributed by atoms with Crippen LogP contribution in [0.25, 0.3) is 0 Å². The lowest BCUT2D eigenvalue weighted by Gasteiger charge is -2.13. The Hall–Kier alpha value is -1.87. The van der Waals surface area contributed by atoms with Crippen molar-refractivity contribution in [1.29, 1.82) is 0 Å². The van der Waals surface area contributed by atoms with Crippen LogP contribution < -0.4 is 10.5 Å². The smallest absolute Gasteiger partial charge is 0.129 e. The van der Waals surface area contributed by atoms with E-state index in [4.69, 9.17) is 22.7 Å². The van der Waals surface area contributed by atoms with Gasteiger partial charge >= 0.3 is 0 Å². The molecule has 0 saturated carbocycles. The van der Waals surface area contributed by atoms with Crippen molar-refractivity contribution in [2.24, 2.45) is 5.73 Å². The van der Waals surface area contributed by atoms with E-state index in [9.17, 15) is 0 Å². The Balaban J connectivity index is 2.22. The zero-order chi connectivity index (χ0) is 13.8. The molecule has 2 rings (SSSR count). The van der Waals surface area contributed by atoms with E-state index in [1.54, 1.807) is 0 Å². The number of hydrogen-bond donors (Lipinski definition) is 1. The van der Waals surface area contributed by atoms with E-state index in [0.717, 1.165) is 11.3 Å². The molecule has 0 aliphatic rings. The number of benzene rings is 2. The van der Waals surface area contributed by atoms with E-state index < -0.39 is 0 Å². The fraction of sp³-hybridized carbons (Fsp3) is 0.188. The highest BCUT2D eigenvalue weighted by molar-refractivity contribution is 7.80. The van der Waals surface area contributed by atoms with E-state index in [1.807, 2.05) is 24.3 Å². The van der Waals surface area contributed by atoms with Gasteiger partial charge in [-0.05, 0) is 42.7 Å². The molecule has 0 radical (unpaired) electrons. The van der Waals surface area contributed by atoms with Gasteiger partial charge in [-0.1, -0.05) is 42.5 Å². The highest BCUT2D eigenvalue weighted by Gasteiger charge is 2.07. The quantitative estimate of drug-likeness (QED) is 0.864. The number of para-hydroxylation sites is 1. The SMILES string of the molecule is Cc1cccc(C)c1COc1ccccc1C(N)=S. The van der Waals surface area contributed by atoms with Gasteiger partial charge < -0.3 is 10.5 Å². The third-order valence-corrected chi connectivity index (χ3v) is 3.39. The molecular formula is C16H17NOS. The molecule has 2 N–H and O–H groups in total. The van der Waals surface area contributed by atoms with Crippen molar-refractivity contribution in [1.82, 2.24) is 0 Å². The van der Waals surface area contributed by atoms with Crippen LogP contribution >= 0.6 is 12.2 Å². The minimum absolute atomic E-state index is 0.358. The third kappa shape index (κ3) is 3.12. The summed E-state index contributed by atoms with van der Waals surface area (Å²) in [7, 11) is 0. The second-order valence-electron chi connectivity index (χ2n) is 4.52. The predicted octanol–water partition coefficient (Wildman–Crippen LogP) is 3.52. The zero-order valence-electron chi connectivity index (χ0n) is 11.1. The molecule has 2 aromatic carbocycles. The summed E-state index contributed by atoms with van der Waals surface area (Å²) in [5.74, 6) is 0.734. The van der Waals surface area contributed by atoms with E-state index in [-0.39, 0.29) is 0 Å². The molecule has 2 nitrogen and oxygen atoms in total. The minimum Gasteiger partial charge on any atom is -0.488 e. The van der Waals surface area contributed by atoms with Crippen molar-refractivity contribution in [3.63, 3.8) is 0 Å². The molecule has 0 aliphatic heterocycles. The summed E-state index contributed by atoms with van der Waals surface area (Å²) in [6.07, 6.45) is 0. The van der Waals surface area contributed by atoms with Crippen molar-refractivity contribution in [2.75, 3.05) is 0 Å². The van der Waals surface area contributed by atoms with Gasteiger partial charge in [-0.15, -0.1) is 0 Å². The normalized spacial score (nSPS) is 10.2. The van der Waals surface area contributed by atoms with Crippen LogP contribution in [-0.4, -0.2) is 4.99 Å². The average molecular weight is 271 g/mol. The first kappa shape index (κ1) is 13.6. The van der Waals surface area contributed by atoms with Crippen LogP contribution in [0.5, 0.6) is 5.75 Å². The van der Waals surface area contributed by atoms with Gasteiger partial charge in [0.05, 0.1) is 5.56 Å². The Labute approximate surface area is 119 Å². The Morgan fingerprint density at radius 1 is 1.05 bits per heavy atom. The lowest BCUT2D eigenvalue weighted by atomic mass is 10.0. The van der Waals surface area contributed by atoms with Crippen LogP contribution in [0.3, 0.4) is 0 Å². The standard InChI is InChI=1S/C16H17NOS/c1-11-6-5-7-12(2)14(11)10-18-15-9-4-3-8-13(15)16(17)19/h3-9H,10H2,1-2H3,(H2,17,19). The van der Waals surface area contributed by atoms with Gasteiger partial charge in [-0.2, -0.15) is 0 Å². The maximum atomic E-state index is 5.88. The fourth-order valence-corrected chi connectivity index (χ4v) is 2.19. The molecule has 2 aromatic rings. The molecular weight excluding hydrogens is 254 g/mol. The van der Waals surface area contributed by atoms with Gasteiger partial charge in [0, 0.05) is 0 Å². The molecule has 0 bridgehead atoms. The summed E-state index contributed by atoms with van der Waals surface area (Å²) in [5, 5.41) is 0. The number of ether oxygens (including phenoxy) is 1. The lowest BCUT2D eigenvalue weighted by Crippen LogP contribution is -2.12. The van der Waals surface area contributed by atoms with Crippen LogP contribution in [-0.2, 0) is 6.61 Å². The Bertz CT molecular complexity index is 587. The van der Waals surface area contributed by atoms with E-state index in [1.165, 1.54) is 16.7 Å². The first-order valence-corrected chi connectivity index (χ1v) is 6.57. The second-order valence-corrected chi connectivity index (χ2v) is 4.96. The first-order chi connectivity index (χ1) is 9.09. The third-order valence-electron chi connectivity index (χ3n) is 3.17. The van der Waals surface area contributed by atoms with E-state index in [2.05, 4.69) is 32.0 Å². The molecule has 0 aliphatic carbocycles. The molecule has 0 saturated heterocycles. The van der Waals surface area contributed by atoms with Crippen LogP contribution in [0.4, 0.5) is 0 Å². The van der Waals surface area contributed by atoms with Crippen LogP contribution in [0.1, 0.15) is 22.3 Å². The summed E-state index contributed by atoms with van der Waals surface area (Å²) in [5.41, 5.74) is 10.1. The topological polar surface area (TPSA) is 35.2 Å². The van der Waals surface area contributed by atoms with Crippen LogP contribution in [0.2, 0.25) is 0 Å². The molecule has 0 fully saturated rings. The molecule has 0 amide bonds. The molecule has 0 heterocycles. The molecule has 0 unspecified atom stereocenters. The highest BCUT2D eigenvalue weighted by Crippen LogP contribution is 2.21.